The van der Waals surface area contributed by atoms with Crippen LogP contribution in [0.3, 0.4) is 0 Å². The van der Waals surface area contributed by atoms with E-state index in [1.54, 1.807) is 13.3 Å². The second-order valence-corrected chi connectivity index (χ2v) is 2.91. The number of nitrogens with zero attached hydrogens (tertiary/aromatic N) is 5. The van der Waals surface area contributed by atoms with Crippen LogP contribution in [-0.4, -0.2) is 33.6 Å². The number of nitrogen functional groups attached to an aromatic ring is 1. The van der Waals surface area contributed by atoms with Crippen molar-refractivity contribution in [3.63, 3.8) is 0 Å². The van der Waals surface area contributed by atoms with Gasteiger partial charge in [0.1, 0.15) is 5.75 Å². The molecule has 0 aliphatic rings. The van der Waals surface area contributed by atoms with E-state index in [-0.39, 0.29) is 5.95 Å². The van der Waals surface area contributed by atoms with Crippen LogP contribution >= 0.6 is 0 Å². The quantitative estimate of drug-likeness (QED) is 0.740. The van der Waals surface area contributed by atoms with Gasteiger partial charge in [-0.15, -0.1) is 0 Å². The summed E-state index contributed by atoms with van der Waals surface area (Å²) in [6, 6.07) is 7.46. The number of ether oxygens (including phenoxy) is 1. The molecule has 82 valence electrons. The summed E-state index contributed by atoms with van der Waals surface area (Å²) in [6.07, 6.45) is 1.57. The van der Waals surface area contributed by atoms with Crippen molar-refractivity contribution in [2.24, 2.45) is 5.10 Å². The molecule has 16 heavy (non-hydrogen) atoms. The molecule has 0 aliphatic heterocycles. The first-order chi connectivity index (χ1) is 7.81. The predicted octanol–water partition coefficient (Wildman–Crippen LogP) is 0.146. The van der Waals surface area contributed by atoms with E-state index in [0.717, 1.165) is 16.1 Å². The van der Waals surface area contributed by atoms with E-state index in [9.17, 15) is 0 Å². The summed E-state index contributed by atoms with van der Waals surface area (Å²) in [5, 5.41) is 14.4. The van der Waals surface area contributed by atoms with Crippen molar-refractivity contribution >= 4 is 12.2 Å². The van der Waals surface area contributed by atoms with Crippen molar-refractivity contribution in [1.82, 2.24) is 20.3 Å². The van der Waals surface area contributed by atoms with Crippen molar-refractivity contribution in [3.05, 3.63) is 29.8 Å². The molecular weight excluding hydrogens is 208 g/mol. The number of tetrazole rings is 1. The van der Waals surface area contributed by atoms with Crippen LogP contribution in [-0.2, 0) is 0 Å². The van der Waals surface area contributed by atoms with Gasteiger partial charge in [-0.1, -0.05) is 22.0 Å². The van der Waals surface area contributed by atoms with Crippen LogP contribution in [0.5, 0.6) is 5.75 Å². The fraction of sp³-hybridized carbons (Fsp3) is 0.111. The molecule has 2 rings (SSSR count). The number of para-hydroxylation sites is 1. The molecule has 2 N–H and O–H groups in total. The first kappa shape index (κ1) is 10.1. The number of hydrogen-bond donors (Lipinski definition) is 1. The molecular formula is C9H10N6O. The lowest BCUT2D eigenvalue weighted by atomic mass is 10.2. The molecule has 0 atom stereocenters. The third-order valence-electron chi connectivity index (χ3n) is 1.92. The summed E-state index contributed by atoms with van der Waals surface area (Å²) in [5.41, 5.74) is 6.28. The molecule has 7 nitrogen and oxygen atoms in total. The highest BCUT2D eigenvalue weighted by atomic mass is 16.5. The lowest BCUT2D eigenvalue weighted by Crippen LogP contribution is -2.00. The normalized spacial score (nSPS) is 10.8. The van der Waals surface area contributed by atoms with E-state index in [4.69, 9.17) is 10.5 Å². The summed E-state index contributed by atoms with van der Waals surface area (Å²) in [4.78, 5) is 1.13. The van der Waals surface area contributed by atoms with Gasteiger partial charge in [-0.05, 0) is 22.6 Å². The standard InChI is InChI=1S/C9H10N6O/c1-16-8-5-3-2-4-7(8)6-11-15-9(10)12-13-14-15/h2-6H,1H3,(H2,10,12,14)/b11-6+. The van der Waals surface area contributed by atoms with E-state index >= 15 is 0 Å². The minimum atomic E-state index is 0.131. The first-order valence-corrected chi connectivity index (χ1v) is 4.52. The smallest absolute Gasteiger partial charge is 0.263 e. The van der Waals surface area contributed by atoms with E-state index in [2.05, 4.69) is 20.6 Å². The second kappa shape index (κ2) is 4.39. The summed E-state index contributed by atoms with van der Waals surface area (Å²) in [6.45, 7) is 0. The molecule has 2 aromatic rings. The van der Waals surface area contributed by atoms with Gasteiger partial charge in [0, 0.05) is 5.56 Å². The summed E-state index contributed by atoms with van der Waals surface area (Å²) >= 11 is 0. The average Bonchev–Trinajstić information content (AvgIpc) is 2.72. The van der Waals surface area contributed by atoms with Gasteiger partial charge in [-0.2, -0.15) is 5.10 Å². The third kappa shape index (κ3) is 1.97. The van der Waals surface area contributed by atoms with E-state index < -0.39 is 0 Å². The Hall–Kier alpha value is -2.44. The van der Waals surface area contributed by atoms with Crippen molar-refractivity contribution in [1.29, 1.82) is 0 Å². The zero-order valence-electron chi connectivity index (χ0n) is 8.61. The zero-order valence-corrected chi connectivity index (χ0v) is 8.61. The maximum Gasteiger partial charge on any atom is 0.263 e. The van der Waals surface area contributed by atoms with E-state index in [1.165, 1.54) is 0 Å². The molecule has 1 aromatic carbocycles. The van der Waals surface area contributed by atoms with Crippen LogP contribution in [0, 0.1) is 0 Å². The van der Waals surface area contributed by atoms with Gasteiger partial charge in [-0.25, -0.2) is 0 Å². The fourth-order valence-electron chi connectivity index (χ4n) is 1.16. The van der Waals surface area contributed by atoms with Crippen molar-refractivity contribution < 1.29 is 4.74 Å². The largest absolute Gasteiger partial charge is 0.496 e. The molecule has 0 radical (unpaired) electrons. The molecule has 0 fully saturated rings. The molecule has 7 heteroatoms. The number of hydrogen-bond acceptors (Lipinski definition) is 6. The highest BCUT2D eigenvalue weighted by Crippen LogP contribution is 2.14. The molecule has 0 aliphatic carbocycles. The van der Waals surface area contributed by atoms with Gasteiger partial charge in [-0.3, -0.25) is 0 Å². The topological polar surface area (TPSA) is 91.2 Å². The number of nitrogens with two attached hydrogens (primary N) is 1. The first-order valence-electron chi connectivity index (χ1n) is 4.52. The van der Waals surface area contributed by atoms with Crippen LogP contribution in [0.15, 0.2) is 29.4 Å². The molecule has 0 amide bonds. The summed E-state index contributed by atoms with van der Waals surface area (Å²) in [5.74, 6) is 0.851. The molecule has 0 saturated heterocycles. The molecule has 1 aromatic heterocycles. The predicted molar refractivity (Wildman–Crippen MR) is 58.2 cm³/mol. The number of rotatable bonds is 3. The Morgan fingerprint density at radius 1 is 1.44 bits per heavy atom. The lowest BCUT2D eigenvalue weighted by molar-refractivity contribution is 0.414. The fourth-order valence-corrected chi connectivity index (χ4v) is 1.16. The number of anilines is 1. The number of aromatic nitrogens is 4. The lowest BCUT2D eigenvalue weighted by Gasteiger charge is -2.02. The highest BCUT2D eigenvalue weighted by Gasteiger charge is 2.00. The Kier molecular flexibility index (Phi) is 2.77. The maximum atomic E-state index is 5.46. The zero-order chi connectivity index (χ0) is 11.4. The van der Waals surface area contributed by atoms with Crippen molar-refractivity contribution in [2.75, 3.05) is 12.8 Å². The third-order valence-corrected chi connectivity index (χ3v) is 1.92. The minimum absolute atomic E-state index is 0.131. The molecule has 0 spiro atoms. The SMILES string of the molecule is COc1ccccc1/C=N/n1nnnc1N. The van der Waals surface area contributed by atoms with Crippen molar-refractivity contribution in [2.45, 2.75) is 0 Å². The molecule has 0 saturated carbocycles. The van der Waals surface area contributed by atoms with Gasteiger partial charge in [0.15, 0.2) is 0 Å². The van der Waals surface area contributed by atoms with Gasteiger partial charge in [0.05, 0.1) is 13.3 Å². The molecule has 0 unspecified atom stereocenters. The monoisotopic (exact) mass is 218 g/mol. The highest BCUT2D eigenvalue weighted by molar-refractivity contribution is 5.83. The summed E-state index contributed by atoms with van der Waals surface area (Å²) in [7, 11) is 1.60. The molecule has 0 bridgehead atoms. The minimum Gasteiger partial charge on any atom is -0.496 e. The summed E-state index contributed by atoms with van der Waals surface area (Å²) < 4.78 is 5.16. The van der Waals surface area contributed by atoms with Gasteiger partial charge in [0.25, 0.3) is 5.95 Å². The Balaban J connectivity index is 2.27. The Labute approximate surface area is 91.5 Å². The van der Waals surface area contributed by atoms with E-state index in [0.29, 0.717) is 0 Å². The molecule has 1 heterocycles. The average molecular weight is 218 g/mol. The van der Waals surface area contributed by atoms with Gasteiger partial charge < -0.3 is 10.5 Å². The van der Waals surface area contributed by atoms with Crippen molar-refractivity contribution in [3.8, 4) is 5.75 Å². The van der Waals surface area contributed by atoms with Gasteiger partial charge >= 0.3 is 0 Å². The number of benzene rings is 1. The Morgan fingerprint density at radius 2 is 2.25 bits per heavy atom. The Bertz CT molecular complexity index is 506. The van der Waals surface area contributed by atoms with Gasteiger partial charge in [0.2, 0.25) is 0 Å². The second-order valence-electron chi connectivity index (χ2n) is 2.91. The van der Waals surface area contributed by atoms with Crippen LogP contribution in [0.25, 0.3) is 0 Å². The van der Waals surface area contributed by atoms with Crippen LogP contribution in [0.1, 0.15) is 5.56 Å². The number of methoxy groups -OCH3 is 1. The van der Waals surface area contributed by atoms with Crippen LogP contribution < -0.4 is 10.5 Å². The van der Waals surface area contributed by atoms with E-state index in [1.807, 2.05) is 24.3 Å². The van der Waals surface area contributed by atoms with Crippen LogP contribution in [0.2, 0.25) is 0 Å². The Morgan fingerprint density at radius 3 is 2.94 bits per heavy atom. The van der Waals surface area contributed by atoms with Crippen LogP contribution in [0.4, 0.5) is 5.95 Å². The maximum absolute atomic E-state index is 5.46.